The summed E-state index contributed by atoms with van der Waals surface area (Å²) >= 11 is 0. The van der Waals surface area contributed by atoms with Crippen LogP contribution in [-0.4, -0.2) is 52.5 Å². The number of carboxylic acids is 1. The van der Waals surface area contributed by atoms with Crippen LogP contribution in [0.4, 0.5) is 4.79 Å². The average molecular weight is 285 g/mol. The average Bonchev–Trinajstić information content (AvgIpc) is 2.43. The van der Waals surface area contributed by atoms with Crippen LogP contribution in [0, 0.1) is 11.8 Å². The predicted molar refractivity (Wildman–Crippen MR) is 71.2 cm³/mol. The van der Waals surface area contributed by atoms with Crippen molar-refractivity contribution in [3.8, 4) is 0 Å². The van der Waals surface area contributed by atoms with Gasteiger partial charge in [0.05, 0.1) is 13.2 Å². The molecule has 5 atom stereocenters. The first-order chi connectivity index (χ1) is 9.49. The van der Waals surface area contributed by atoms with Gasteiger partial charge in [-0.15, -0.1) is 0 Å². The molecule has 2 rings (SSSR count). The van der Waals surface area contributed by atoms with Crippen LogP contribution in [0.25, 0.3) is 0 Å². The summed E-state index contributed by atoms with van der Waals surface area (Å²) in [7, 11) is 1.28. The Morgan fingerprint density at radius 1 is 1.30 bits per heavy atom. The Morgan fingerprint density at radius 3 is 2.55 bits per heavy atom. The predicted octanol–water partition coefficient (Wildman–Crippen LogP) is 1.47. The van der Waals surface area contributed by atoms with E-state index in [-0.39, 0.29) is 24.0 Å². The molecule has 0 aromatic heterocycles. The molecule has 114 valence electrons. The highest BCUT2D eigenvalue weighted by atomic mass is 16.5. The van der Waals surface area contributed by atoms with Crippen molar-refractivity contribution in [2.75, 3.05) is 7.11 Å². The first-order valence-corrected chi connectivity index (χ1v) is 7.26. The Bertz CT molecular complexity index is 386. The minimum atomic E-state index is -0.993. The fourth-order valence-electron chi connectivity index (χ4n) is 3.97. The normalized spacial score (nSPS) is 37.1. The highest BCUT2D eigenvalue weighted by Gasteiger charge is 2.49. The van der Waals surface area contributed by atoms with E-state index in [1.165, 1.54) is 12.0 Å². The Labute approximate surface area is 118 Å². The standard InChI is InChI=1S/C14H23NO5/c1-3-11-10-5-4-9(16)6-8(10)7-12(13(17)18)15(11)14(19)20-2/h8-12,16H,3-7H2,1-2H3,(H,17,18). The van der Waals surface area contributed by atoms with Crippen molar-refractivity contribution >= 4 is 12.1 Å². The number of rotatable bonds is 2. The van der Waals surface area contributed by atoms with Gasteiger partial charge in [0.1, 0.15) is 6.04 Å². The van der Waals surface area contributed by atoms with Crippen LogP contribution in [0.5, 0.6) is 0 Å². The molecular formula is C14H23NO5. The molecule has 1 amide bonds. The number of carboxylic acid groups (broad SMARTS) is 1. The van der Waals surface area contributed by atoms with Gasteiger partial charge in [-0.1, -0.05) is 6.92 Å². The molecule has 5 unspecified atom stereocenters. The lowest BCUT2D eigenvalue weighted by Gasteiger charge is -2.50. The number of carbonyl (C=O) groups is 2. The topological polar surface area (TPSA) is 87.1 Å². The van der Waals surface area contributed by atoms with Gasteiger partial charge in [-0.25, -0.2) is 9.59 Å². The second-order valence-electron chi connectivity index (χ2n) is 5.83. The molecule has 1 saturated heterocycles. The zero-order chi connectivity index (χ0) is 14.9. The Morgan fingerprint density at radius 2 is 2.00 bits per heavy atom. The molecule has 0 aromatic carbocycles. The second kappa shape index (κ2) is 5.99. The number of hydrogen-bond acceptors (Lipinski definition) is 4. The fraction of sp³-hybridized carbons (Fsp3) is 0.857. The summed E-state index contributed by atoms with van der Waals surface area (Å²) in [6.45, 7) is 1.97. The molecule has 1 saturated carbocycles. The third-order valence-electron chi connectivity index (χ3n) is 4.82. The number of aliphatic hydroxyl groups excluding tert-OH is 1. The van der Waals surface area contributed by atoms with Gasteiger partial charge < -0.3 is 14.9 Å². The maximum Gasteiger partial charge on any atom is 0.410 e. The fourth-order valence-corrected chi connectivity index (χ4v) is 3.97. The zero-order valence-electron chi connectivity index (χ0n) is 12.0. The molecule has 6 nitrogen and oxygen atoms in total. The number of hydrogen-bond donors (Lipinski definition) is 2. The second-order valence-corrected chi connectivity index (χ2v) is 5.83. The quantitative estimate of drug-likeness (QED) is 0.802. The first kappa shape index (κ1) is 15.1. The van der Waals surface area contributed by atoms with Gasteiger partial charge in [0.25, 0.3) is 0 Å². The van der Waals surface area contributed by atoms with Crippen LogP contribution >= 0.6 is 0 Å². The molecule has 1 aliphatic carbocycles. The molecule has 6 heteroatoms. The molecule has 0 bridgehead atoms. The molecule has 0 aromatic rings. The van der Waals surface area contributed by atoms with E-state index >= 15 is 0 Å². The van der Waals surface area contributed by atoms with E-state index in [2.05, 4.69) is 0 Å². The van der Waals surface area contributed by atoms with Gasteiger partial charge in [-0.3, -0.25) is 4.90 Å². The number of likely N-dealkylation sites (tertiary alicyclic amines) is 1. The molecule has 20 heavy (non-hydrogen) atoms. The van der Waals surface area contributed by atoms with Crippen LogP contribution in [0.1, 0.15) is 39.0 Å². The molecule has 2 fully saturated rings. The van der Waals surface area contributed by atoms with Crippen LogP contribution in [0.15, 0.2) is 0 Å². The van der Waals surface area contributed by atoms with Crippen LogP contribution in [0.2, 0.25) is 0 Å². The monoisotopic (exact) mass is 285 g/mol. The minimum Gasteiger partial charge on any atom is -0.480 e. The van der Waals surface area contributed by atoms with E-state index in [9.17, 15) is 19.8 Å². The number of aliphatic carboxylic acids is 1. The molecule has 2 N–H and O–H groups in total. The van der Waals surface area contributed by atoms with Gasteiger partial charge in [0.2, 0.25) is 0 Å². The van der Waals surface area contributed by atoms with Crippen molar-refractivity contribution in [3.63, 3.8) is 0 Å². The van der Waals surface area contributed by atoms with E-state index in [0.717, 1.165) is 12.8 Å². The SMILES string of the molecule is CCC1C2CCC(O)CC2CC(C(=O)O)N1C(=O)OC. The molecular weight excluding hydrogens is 262 g/mol. The van der Waals surface area contributed by atoms with Gasteiger partial charge in [-0.05, 0) is 43.9 Å². The summed E-state index contributed by atoms with van der Waals surface area (Å²) in [6, 6.07) is -0.964. The summed E-state index contributed by atoms with van der Waals surface area (Å²) in [5.74, 6) is -0.559. The Balaban J connectivity index is 2.29. The van der Waals surface area contributed by atoms with E-state index < -0.39 is 18.1 Å². The highest BCUT2D eigenvalue weighted by Crippen LogP contribution is 2.43. The first-order valence-electron chi connectivity index (χ1n) is 7.26. The molecule has 1 heterocycles. The maximum atomic E-state index is 12.0. The third-order valence-corrected chi connectivity index (χ3v) is 4.82. The van der Waals surface area contributed by atoms with E-state index in [0.29, 0.717) is 19.3 Å². The maximum absolute atomic E-state index is 12.0. The van der Waals surface area contributed by atoms with Gasteiger partial charge >= 0.3 is 12.1 Å². The highest BCUT2D eigenvalue weighted by molar-refractivity contribution is 5.80. The molecule has 0 radical (unpaired) electrons. The number of amides is 1. The summed E-state index contributed by atoms with van der Waals surface area (Å²) in [5.41, 5.74) is 0. The number of fused-ring (bicyclic) bond motifs is 1. The largest absolute Gasteiger partial charge is 0.480 e. The number of ether oxygens (including phenoxy) is 1. The third kappa shape index (κ3) is 2.61. The van der Waals surface area contributed by atoms with Gasteiger partial charge in [-0.2, -0.15) is 0 Å². The zero-order valence-corrected chi connectivity index (χ0v) is 12.0. The van der Waals surface area contributed by atoms with E-state index in [1.54, 1.807) is 0 Å². The van der Waals surface area contributed by atoms with Crippen LogP contribution in [-0.2, 0) is 9.53 Å². The number of carbonyl (C=O) groups excluding carboxylic acids is 1. The van der Waals surface area contributed by atoms with Gasteiger partial charge in [0, 0.05) is 6.04 Å². The Hall–Kier alpha value is -1.30. The molecule has 0 spiro atoms. The van der Waals surface area contributed by atoms with Crippen molar-refractivity contribution in [2.45, 2.75) is 57.2 Å². The van der Waals surface area contributed by atoms with Gasteiger partial charge in [0.15, 0.2) is 0 Å². The number of piperidine rings is 1. The smallest absolute Gasteiger partial charge is 0.410 e. The van der Waals surface area contributed by atoms with E-state index in [4.69, 9.17) is 4.74 Å². The number of aliphatic hydroxyl groups is 1. The minimum absolute atomic E-state index is 0.116. The van der Waals surface area contributed by atoms with Crippen molar-refractivity contribution in [2.24, 2.45) is 11.8 Å². The summed E-state index contributed by atoms with van der Waals surface area (Å²) in [5, 5.41) is 19.2. The van der Waals surface area contributed by atoms with Crippen LogP contribution in [0.3, 0.4) is 0 Å². The summed E-state index contributed by atoms with van der Waals surface area (Å²) in [4.78, 5) is 24.9. The number of methoxy groups -OCH3 is 1. The lowest BCUT2D eigenvalue weighted by atomic mass is 9.67. The number of nitrogens with zero attached hydrogens (tertiary/aromatic N) is 1. The van der Waals surface area contributed by atoms with Crippen molar-refractivity contribution in [3.05, 3.63) is 0 Å². The van der Waals surface area contributed by atoms with Crippen LogP contribution < -0.4 is 0 Å². The Kier molecular flexibility index (Phi) is 4.52. The van der Waals surface area contributed by atoms with Crippen molar-refractivity contribution < 1.29 is 24.5 Å². The molecule has 2 aliphatic rings. The lowest BCUT2D eigenvalue weighted by Crippen LogP contribution is -2.60. The van der Waals surface area contributed by atoms with Crippen molar-refractivity contribution in [1.82, 2.24) is 4.90 Å². The van der Waals surface area contributed by atoms with E-state index in [1.807, 2.05) is 6.92 Å². The molecule has 1 aliphatic heterocycles. The van der Waals surface area contributed by atoms with Crippen molar-refractivity contribution in [1.29, 1.82) is 0 Å². The lowest BCUT2D eigenvalue weighted by molar-refractivity contribution is -0.149. The summed E-state index contributed by atoms with van der Waals surface area (Å²) < 4.78 is 4.78. The summed E-state index contributed by atoms with van der Waals surface area (Å²) in [6.07, 6.45) is 2.41.